The number of benzene rings is 1. The van der Waals surface area contributed by atoms with Crippen LogP contribution >= 0.6 is 0 Å². The summed E-state index contributed by atoms with van der Waals surface area (Å²) in [5.74, 6) is -2.36. The van der Waals surface area contributed by atoms with Gasteiger partial charge in [0.2, 0.25) is 0 Å². The van der Waals surface area contributed by atoms with E-state index in [0.717, 1.165) is 6.07 Å². The number of hydrogen-bond donors (Lipinski definition) is 1. The molecule has 0 bridgehead atoms. The Morgan fingerprint density at radius 1 is 1.28 bits per heavy atom. The van der Waals surface area contributed by atoms with Crippen molar-refractivity contribution >= 4 is 5.97 Å². The summed E-state index contributed by atoms with van der Waals surface area (Å²) in [5, 5.41) is 9.03. The van der Waals surface area contributed by atoms with E-state index >= 15 is 0 Å². The Kier molecular flexibility index (Phi) is 2.68. The van der Waals surface area contributed by atoms with E-state index in [1.165, 1.54) is 18.2 Å². The highest BCUT2D eigenvalue weighted by Gasteiger charge is 2.63. The first-order valence-corrected chi connectivity index (χ1v) is 5.56. The third-order valence-corrected chi connectivity index (χ3v) is 3.69. The molecule has 0 unspecified atom stereocenters. The fourth-order valence-corrected chi connectivity index (χ4v) is 2.71. The van der Waals surface area contributed by atoms with Crippen LogP contribution in [0.15, 0.2) is 24.3 Å². The van der Waals surface area contributed by atoms with Gasteiger partial charge < -0.3 is 5.11 Å². The molecule has 1 aliphatic rings. The van der Waals surface area contributed by atoms with Crippen molar-refractivity contribution in [2.24, 2.45) is 11.3 Å². The molecule has 0 saturated heterocycles. The lowest BCUT2D eigenvalue weighted by molar-refractivity contribution is -0.140. The maximum Gasteiger partial charge on any atom is 0.416 e. The van der Waals surface area contributed by atoms with Crippen molar-refractivity contribution in [1.82, 2.24) is 0 Å². The van der Waals surface area contributed by atoms with Crippen LogP contribution in [0.1, 0.15) is 30.9 Å². The third-order valence-electron chi connectivity index (χ3n) is 3.69. The molecule has 0 aliphatic heterocycles. The van der Waals surface area contributed by atoms with E-state index in [0.29, 0.717) is 0 Å². The lowest BCUT2D eigenvalue weighted by Gasteiger charge is -2.13. The molecule has 2 atom stereocenters. The summed E-state index contributed by atoms with van der Waals surface area (Å²) < 4.78 is 38.6. The topological polar surface area (TPSA) is 37.3 Å². The van der Waals surface area contributed by atoms with E-state index in [-0.39, 0.29) is 5.56 Å². The summed E-state index contributed by atoms with van der Waals surface area (Å²) in [5.41, 5.74) is -1.28. The molecule has 1 saturated carbocycles. The first kappa shape index (κ1) is 12.9. The predicted octanol–water partition coefficient (Wildman–Crippen LogP) is 3.53. The number of carbonyl (C=O) groups is 1. The largest absolute Gasteiger partial charge is 0.481 e. The van der Waals surface area contributed by atoms with Gasteiger partial charge in [-0.05, 0) is 17.0 Å². The summed E-state index contributed by atoms with van der Waals surface area (Å²) in [7, 11) is 0. The molecule has 98 valence electrons. The summed E-state index contributed by atoms with van der Waals surface area (Å²) >= 11 is 0. The van der Waals surface area contributed by atoms with E-state index in [4.69, 9.17) is 5.11 Å². The summed E-state index contributed by atoms with van der Waals surface area (Å²) in [4.78, 5) is 11.0. The van der Waals surface area contributed by atoms with Crippen molar-refractivity contribution in [2.45, 2.75) is 25.9 Å². The van der Waals surface area contributed by atoms with Gasteiger partial charge in [-0.25, -0.2) is 0 Å². The van der Waals surface area contributed by atoms with Gasteiger partial charge in [-0.3, -0.25) is 4.79 Å². The normalized spacial score (nSPS) is 25.8. The summed E-state index contributed by atoms with van der Waals surface area (Å²) in [6.07, 6.45) is -4.45. The molecule has 0 amide bonds. The van der Waals surface area contributed by atoms with Crippen LogP contribution < -0.4 is 0 Å². The van der Waals surface area contributed by atoms with E-state index in [2.05, 4.69) is 0 Å². The number of halogens is 3. The van der Waals surface area contributed by atoms with Gasteiger partial charge in [-0.15, -0.1) is 0 Å². The number of alkyl halides is 3. The molecule has 0 radical (unpaired) electrons. The van der Waals surface area contributed by atoms with Gasteiger partial charge in [0, 0.05) is 5.92 Å². The molecule has 1 aliphatic carbocycles. The van der Waals surface area contributed by atoms with Crippen molar-refractivity contribution in [3.63, 3.8) is 0 Å². The lowest BCUT2D eigenvalue weighted by Crippen LogP contribution is -2.09. The SMILES string of the molecule is CC1(C)[C@H](C(=O)O)[C@H]1c1ccccc1C(F)(F)F. The number of carboxylic acid groups (broad SMARTS) is 1. The number of rotatable bonds is 2. The Morgan fingerprint density at radius 2 is 1.83 bits per heavy atom. The molecule has 1 N–H and O–H groups in total. The minimum Gasteiger partial charge on any atom is -0.481 e. The quantitative estimate of drug-likeness (QED) is 0.881. The zero-order chi connectivity index (χ0) is 13.7. The first-order chi connectivity index (χ1) is 8.17. The fourth-order valence-electron chi connectivity index (χ4n) is 2.71. The molecule has 1 aromatic rings. The zero-order valence-corrected chi connectivity index (χ0v) is 9.95. The van der Waals surface area contributed by atoms with Gasteiger partial charge in [-0.2, -0.15) is 13.2 Å². The standard InChI is InChI=1S/C13H13F3O2/c1-12(2)9(10(12)11(17)18)7-5-3-4-6-8(7)13(14,15)16/h3-6,9-10H,1-2H3,(H,17,18)/t9-,10+/m1/s1. The van der Waals surface area contributed by atoms with E-state index in [1.807, 2.05) is 0 Å². The molecule has 2 rings (SSSR count). The van der Waals surface area contributed by atoms with Crippen molar-refractivity contribution in [3.8, 4) is 0 Å². The van der Waals surface area contributed by atoms with Crippen molar-refractivity contribution in [3.05, 3.63) is 35.4 Å². The number of hydrogen-bond acceptors (Lipinski definition) is 1. The van der Waals surface area contributed by atoms with Crippen LogP contribution in [0.4, 0.5) is 13.2 Å². The molecular weight excluding hydrogens is 245 g/mol. The maximum absolute atomic E-state index is 12.9. The van der Waals surface area contributed by atoms with E-state index in [1.54, 1.807) is 13.8 Å². The van der Waals surface area contributed by atoms with Crippen molar-refractivity contribution < 1.29 is 23.1 Å². The zero-order valence-electron chi connectivity index (χ0n) is 9.95. The monoisotopic (exact) mass is 258 g/mol. The van der Waals surface area contributed by atoms with Crippen molar-refractivity contribution in [1.29, 1.82) is 0 Å². The Labute approximate surface area is 102 Å². The molecule has 1 fully saturated rings. The minimum atomic E-state index is -4.45. The number of aliphatic carboxylic acids is 1. The maximum atomic E-state index is 12.9. The smallest absolute Gasteiger partial charge is 0.416 e. The van der Waals surface area contributed by atoms with Gasteiger partial charge in [0.05, 0.1) is 11.5 Å². The molecule has 0 spiro atoms. The molecule has 5 heteroatoms. The lowest BCUT2D eigenvalue weighted by atomic mass is 9.98. The van der Waals surface area contributed by atoms with Crippen LogP contribution in [0.3, 0.4) is 0 Å². The average molecular weight is 258 g/mol. The van der Waals surface area contributed by atoms with E-state index < -0.39 is 35.0 Å². The van der Waals surface area contributed by atoms with Gasteiger partial charge in [0.15, 0.2) is 0 Å². The Balaban J connectivity index is 2.46. The second-order valence-corrected chi connectivity index (χ2v) is 5.20. The van der Waals surface area contributed by atoms with Crippen LogP contribution in [-0.2, 0) is 11.0 Å². The second kappa shape index (κ2) is 3.73. The fraction of sp³-hybridized carbons (Fsp3) is 0.462. The highest BCUT2D eigenvalue weighted by atomic mass is 19.4. The second-order valence-electron chi connectivity index (χ2n) is 5.20. The Bertz CT molecular complexity index is 491. The number of carboxylic acids is 1. The Hall–Kier alpha value is -1.52. The molecule has 0 heterocycles. The van der Waals surface area contributed by atoms with Crippen LogP contribution in [0.2, 0.25) is 0 Å². The van der Waals surface area contributed by atoms with Crippen LogP contribution in [-0.4, -0.2) is 11.1 Å². The van der Waals surface area contributed by atoms with Gasteiger partial charge in [-0.1, -0.05) is 32.0 Å². The average Bonchev–Trinajstić information content (AvgIpc) is 2.80. The van der Waals surface area contributed by atoms with Gasteiger partial charge >= 0.3 is 12.1 Å². The molecular formula is C13H13F3O2. The molecule has 18 heavy (non-hydrogen) atoms. The predicted molar refractivity (Wildman–Crippen MR) is 59.1 cm³/mol. The van der Waals surface area contributed by atoms with Crippen LogP contribution in [0.5, 0.6) is 0 Å². The first-order valence-electron chi connectivity index (χ1n) is 5.56. The Morgan fingerprint density at radius 3 is 2.28 bits per heavy atom. The van der Waals surface area contributed by atoms with Crippen LogP contribution in [0.25, 0.3) is 0 Å². The van der Waals surface area contributed by atoms with Crippen molar-refractivity contribution in [2.75, 3.05) is 0 Å². The minimum absolute atomic E-state index is 0.0856. The molecule has 2 nitrogen and oxygen atoms in total. The van der Waals surface area contributed by atoms with Gasteiger partial charge in [0.25, 0.3) is 0 Å². The highest BCUT2D eigenvalue weighted by molar-refractivity contribution is 5.77. The highest BCUT2D eigenvalue weighted by Crippen LogP contribution is 2.65. The van der Waals surface area contributed by atoms with Gasteiger partial charge in [0.1, 0.15) is 0 Å². The molecule has 1 aromatic carbocycles. The third kappa shape index (κ3) is 1.87. The molecule has 0 aromatic heterocycles. The van der Waals surface area contributed by atoms with E-state index in [9.17, 15) is 18.0 Å². The van der Waals surface area contributed by atoms with Crippen LogP contribution in [0, 0.1) is 11.3 Å². The summed E-state index contributed by atoms with van der Waals surface area (Å²) in [6, 6.07) is 5.20. The summed E-state index contributed by atoms with van der Waals surface area (Å²) in [6.45, 7) is 3.37.